The Hall–Kier alpha value is -0.730. The minimum atomic E-state index is -0.670. The summed E-state index contributed by atoms with van der Waals surface area (Å²) in [5.74, 6) is -0.173. The minimum absolute atomic E-state index is 0.139. The van der Waals surface area contributed by atoms with E-state index in [-0.39, 0.29) is 5.92 Å². The van der Waals surface area contributed by atoms with Crippen LogP contribution in [-0.2, 0) is 4.79 Å². The summed E-state index contributed by atoms with van der Waals surface area (Å²) < 4.78 is 0. The van der Waals surface area contributed by atoms with E-state index in [1.807, 2.05) is 12.1 Å². The van der Waals surface area contributed by atoms with Crippen molar-refractivity contribution < 1.29 is 9.90 Å². The Balaban J connectivity index is 1.98. The molecule has 2 nitrogen and oxygen atoms in total. The van der Waals surface area contributed by atoms with Crippen LogP contribution in [0.25, 0.3) is 0 Å². The van der Waals surface area contributed by atoms with E-state index in [2.05, 4.69) is 6.92 Å². The number of carboxylic acids is 1. The fourth-order valence-electron chi connectivity index (χ4n) is 2.22. The van der Waals surface area contributed by atoms with Gasteiger partial charge < -0.3 is 5.11 Å². The third-order valence-corrected chi connectivity index (χ3v) is 4.15. The van der Waals surface area contributed by atoms with Crippen LogP contribution in [0.2, 0.25) is 10.0 Å². The zero-order valence-corrected chi connectivity index (χ0v) is 11.0. The van der Waals surface area contributed by atoms with E-state index in [9.17, 15) is 4.79 Å². The first-order valence-electron chi connectivity index (χ1n) is 5.66. The lowest BCUT2D eigenvalue weighted by atomic mass is 9.95. The quantitative estimate of drug-likeness (QED) is 0.892. The van der Waals surface area contributed by atoms with Gasteiger partial charge in [-0.2, -0.15) is 0 Å². The Morgan fingerprint density at radius 3 is 2.71 bits per heavy atom. The van der Waals surface area contributed by atoms with E-state index in [0.717, 1.165) is 18.4 Å². The van der Waals surface area contributed by atoms with Gasteiger partial charge >= 0.3 is 5.97 Å². The van der Waals surface area contributed by atoms with Crippen LogP contribution >= 0.6 is 23.2 Å². The number of carbonyl (C=O) groups is 1. The number of hydrogen-bond donors (Lipinski definition) is 1. The normalized spacial score (nSPS) is 24.4. The lowest BCUT2D eigenvalue weighted by Gasteiger charge is -2.12. The molecule has 0 heterocycles. The molecule has 0 saturated heterocycles. The molecule has 92 valence electrons. The van der Waals surface area contributed by atoms with Crippen molar-refractivity contribution in [2.45, 2.75) is 25.7 Å². The van der Waals surface area contributed by atoms with Crippen molar-refractivity contribution in [3.63, 3.8) is 0 Å². The molecule has 17 heavy (non-hydrogen) atoms. The van der Waals surface area contributed by atoms with Crippen LogP contribution < -0.4 is 0 Å². The van der Waals surface area contributed by atoms with Crippen molar-refractivity contribution in [1.29, 1.82) is 0 Å². The highest BCUT2D eigenvalue weighted by Crippen LogP contribution is 2.45. The van der Waals surface area contributed by atoms with E-state index in [4.69, 9.17) is 28.3 Å². The van der Waals surface area contributed by atoms with Gasteiger partial charge in [-0.1, -0.05) is 36.2 Å². The van der Waals surface area contributed by atoms with Crippen molar-refractivity contribution in [1.82, 2.24) is 0 Å². The summed E-state index contributed by atoms with van der Waals surface area (Å²) in [6.07, 6.45) is 1.70. The van der Waals surface area contributed by atoms with E-state index in [1.165, 1.54) is 0 Å². The predicted octanol–water partition coefficient (Wildman–Crippen LogP) is 4.21. The number of aliphatic carboxylic acids is 1. The smallest absolute Gasteiger partial charge is 0.306 e. The standard InChI is InChI=1S/C13H14Cl2O2/c1-7(4-9-5-10(9)13(16)17)8-2-3-11(14)12(15)6-8/h2-3,6-7,9-10H,4-5H2,1H3,(H,16,17). The molecule has 1 aromatic carbocycles. The van der Waals surface area contributed by atoms with Gasteiger partial charge in [0.25, 0.3) is 0 Å². The third kappa shape index (κ3) is 2.93. The molecule has 1 aliphatic rings. The second-order valence-electron chi connectivity index (χ2n) is 4.75. The summed E-state index contributed by atoms with van der Waals surface area (Å²) in [5, 5.41) is 9.96. The number of benzene rings is 1. The first-order chi connectivity index (χ1) is 7.99. The van der Waals surface area contributed by atoms with Crippen LogP contribution in [0.4, 0.5) is 0 Å². The first-order valence-corrected chi connectivity index (χ1v) is 6.42. The molecular formula is C13H14Cl2O2. The minimum Gasteiger partial charge on any atom is -0.481 e. The largest absolute Gasteiger partial charge is 0.481 e. The van der Waals surface area contributed by atoms with Gasteiger partial charge in [0.2, 0.25) is 0 Å². The van der Waals surface area contributed by atoms with Crippen LogP contribution in [0, 0.1) is 11.8 Å². The van der Waals surface area contributed by atoms with Crippen LogP contribution in [0.1, 0.15) is 31.2 Å². The summed E-state index contributed by atoms with van der Waals surface area (Å²) in [7, 11) is 0. The first kappa shape index (κ1) is 12.7. The van der Waals surface area contributed by atoms with Gasteiger partial charge in [-0.05, 0) is 42.4 Å². The number of halogens is 2. The predicted molar refractivity (Wildman–Crippen MR) is 68.7 cm³/mol. The fraction of sp³-hybridized carbons (Fsp3) is 0.462. The molecule has 0 spiro atoms. The molecule has 1 fully saturated rings. The van der Waals surface area contributed by atoms with Crippen molar-refractivity contribution >= 4 is 29.2 Å². The molecule has 1 aliphatic carbocycles. The van der Waals surface area contributed by atoms with Gasteiger partial charge in [0.1, 0.15) is 0 Å². The molecule has 0 aromatic heterocycles. The molecule has 1 aromatic rings. The van der Waals surface area contributed by atoms with Crippen LogP contribution in [0.15, 0.2) is 18.2 Å². The van der Waals surface area contributed by atoms with Crippen LogP contribution in [0.3, 0.4) is 0 Å². The molecule has 0 aliphatic heterocycles. The summed E-state index contributed by atoms with van der Waals surface area (Å²) in [5.41, 5.74) is 1.12. The molecule has 0 bridgehead atoms. The molecular weight excluding hydrogens is 259 g/mol. The van der Waals surface area contributed by atoms with E-state index < -0.39 is 5.97 Å². The van der Waals surface area contributed by atoms with Gasteiger partial charge in [-0.3, -0.25) is 4.79 Å². The van der Waals surface area contributed by atoms with Crippen molar-refractivity contribution in [2.75, 3.05) is 0 Å². The van der Waals surface area contributed by atoms with Gasteiger partial charge in [-0.15, -0.1) is 0 Å². The topological polar surface area (TPSA) is 37.3 Å². The zero-order chi connectivity index (χ0) is 12.6. The molecule has 0 radical (unpaired) electrons. The molecule has 2 rings (SSSR count). The Morgan fingerprint density at radius 1 is 1.47 bits per heavy atom. The van der Waals surface area contributed by atoms with Crippen LogP contribution in [-0.4, -0.2) is 11.1 Å². The highest BCUT2D eigenvalue weighted by atomic mass is 35.5. The summed E-state index contributed by atoms with van der Waals surface area (Å²) >= 11 is 11.8. The Bertz CT molecular complexity index is 445. The van der Waals surface area contributed by atoms with Gasteiger partial charge in [0.15, 0.2) is 0 Å². The second kappa shape index (κ2) is 4.87. The molecule has 3 atom stereocenters. The average Bonchev–Trinajstić information content (AvgIpc) is 3.01. The van der Waals surface area contributed by atoms with Gasteiger partial charge in [0, 0.05) is 0 Å². The van der Waals surface area contributed by atoms with Crippen molar-refractivity contribution in [3.05, 3.63) is 33.8 Å². The summed E-state index contributed by atoms with van der Waals surface area (Å²) in [4.78, 5) is 10.8. The molecule has 1 N–H and O–H groups in total. The maximum Gasteiger partial charge on any atom is 0.306 e. The maximum atomic E-state index is 10.8. The number of rotatable bonds is 4. The maximum absolute atomic E-state index is 10.8. The third-order valence-electron chi connectivity index (χ3n) is 3.41. The van der Waals surface area contributed by atoms with Crippen LogP contribution in [0.5, 0.6) is 0 Å². The van der Waals surface area contributed by atoms with Crippen molar-refractivity contribution in [2.24, 2.45) is 11.8 Å². The Morgan fingerprint density at radius 2 is 2.18 bits per heavy atom. The average molecular weight is 273 g/mol. The number of carboxylic acid groups (broad SMARTS) is 1. The summed E-state index contributed by atoms with van der Waals surface area (Å²) in [6.45, 7) is 2.09. The second-order valence-corrected chi connectivity index (χ2v) is 5.57. The van der Waals surface area contributed by atoms with E-state index in [0.29, 0.717) is 21.9 Å². The molecule has 3 unspecified atom stereocenters. The van der Waals surface area contributed by atoms with Crippen molar-refractivity contribution in [3.8, 4) is 0 Å². The lowest BCUT2D eigenvalue weighted by Crippen LogP contribution is -2.02. The monoisotopic (exact) mass is 272 g/mol. The molecule has 1 saturated carbocycles. The van der Waals surface area contributed by atoms with E-state index >= 15 is 0 Å². The fourth-order valence-corrected chi connectivity index (χ4v) is 2.53. The molecule has 0 amide bonds. The Labute approximate surface area is 111 Å². The molecule has 4 heteroatoms. The highest BCUT2D eigenvalue weighted by molar-refractivity contribution is 6.42. The summed E-state index contributed by atoms with van der Waals surface area (Å²) in [6, 6.07) is 5.61. The SMILES string of the molecule is CC(CC1CC1C(=O)O)c1ccc(Cl)c(Cl)c1. The number of hydrogen-bond acceptors (Lipinski definition) is 1. The zero-order valence-electron chi connectivity index (χ0n) is 9.49. The Kier molecular flexibility index (Phi) is 3.64. The lowest BCUT2D eigenvalue weighted by molar-refractivity contribution is -0.138. The van der Waals surface area contributed by atoms with E-state index in [1.54, 1.807) is 6.07 Å². The highest BCUT2D eigenvalue weighted by Gasteiger charge is 2.43. The van der Waals surface area contributed by atoms with Gasteiger partial charge in [-0.25, -0.2) is 0 Å². The van der Waals surface area contributed by atoms with Gasteiger partial charge in [0.05, 0.1) is 16.0 Å².